The molecule has 24 heavy (non-hydrogen) atoms. The van der Waals surface area contributed by atoms with E-state index in [9.17, 15) is 9.59 Å². The van der Waals surface area contributed by atoms with Crippen LogP contribution < -0.4 is 0 Å². The van der Waals surface area contributed by atoms with Crippen LogP contribution in [-0.4, -0.2) is 98.4 Å². The number of likely N-dealkylation sites (N-methyl/N-ethyl adjacent to an activating group) is 1. The molecule has 0 spiro atoms. The molecular weight excluding hydrogens is 304 g/mol. The lowest BCUT2D eigenvalue weighted by Crippen LogP contribution is -2.48. The van der Waals surface area contributed by atoms with E-state index in [-0.39, 0.29) is 17.7 Å². The third-order valence-electron chi connectivity index (χ3n) is 5.21. The van der Waals surface area contributed by atoms with Gasteiger partial charge in [0.15, 0.2) is 0 Å². The van der Waals surface area contributed by atoms with Gasteiger partial charge >= 0.3 is 0 Å². The van der Waals surface area contributed by atoms with Gasteiger partial charge in [0.2, 0.25) is 11.8 Å². The predicted octanol–water partition coefficient (Wildman–Crippen LogP) is 0.731. The summed E-state index contributed by atoms with van der Waals surface area (Å²) in [5.74, 6) is 0.373. The first-order valence-electron chi connectivity index (χ1n) is 9.37. The van der Waals surface area contributed by atoms with Gasteiger partial charge in [0.05, 0.1) is 5.92 Å². The Labute approximate surface area is 146 Å². The first-order valence-corrected chi connectivity index (χ1v) is 9.37. The Kier molecular flexibility index (Phi) is 7.49. The van der Waals surface area contributed by atoms with Gasteiger partial charge in [-0.3, -0.25) is 9.59 Å². The number of piperidine rings is 1. The Morgan fingerprint density at radius 3 is 2.50 bits per heavy atom. The van der Waals surface area contributed by atoms with Crippen molar-refractivity contribution in [3.63, 3.8) is 0 Å². The van der Waals surface area contributed by atoms with Gasteiger partial charge in [0.25, 0.3) is 0 Å². The summed E-state index contributed by atoms with van der Waals surface area (Å²) in [5.41, 5.74) is 0. The SMILES string of the molecule is CN(C)CCN1CC(C(=O)N(C)CCCN2CCCC2)CCC1=O. The Morgan fingerprint density at radius 1 is 1.12 bits per heavy atom. The molecular formula is C18H34N4O2. The monoisotopic (exact) mass is 338 g/mol. The molecule has 0 saturated carbocycles. The van der Waals surface area contributed by atoms with Gasteiger partial charge in [0.1, 0.15) is 0 Å². The minimum Gasteiger partial charge on any atom is -0.345 e. The Morgan fingerprint density at radius 2 is 1.83 bits per heavy atom. The van der Waals surface area contributed by atoms with Crippen LogP contribution in [-0.2, 0) is 9.59 Å². The van der Waals surface area contributed by atoms with Gasteiger partial charge in [-0.25, -0.2) is 0 Å². The molecule has 0 aromatic heterocycles. The zero-order valence-corrected chi connectivity index (χ0v) is 15.7. The topological polar surface area (TPSA) is 47.1 Å². The number of rotatable bonds is 8. The largest absolute Gasteiger partial charge is 0.345 e. The fourth-order valence-corrected chi connectivity index (χ4v) is 3.61. The second kappa shape index (κ2) is 9.37. The zero-order valence-electron chi connectivity index (χ0n) is 15.7. The summed E-state index contributed by atoms with van der Waals surface area (Å²) in [7, 11) is 5.92. The number of carbonyl (C=O) groups excluding carboxylic acids is 2. The highest BCUT2D eigenvalue weighted by Gasteiger charge is 2.31. The van der Waals surface area contributed by atoms with Gasteiger partial charge in [-0.1, -0.05) is 0 Å². The quantitative estimate of drug-likeness (QED) is 0.655. The summed E-state index contributed by atoms with van der Waals surface area (Å²) < 4.78 is 0. The third-order valence-corrected chi connectivity index (χ3v) is 5.21. The number of hydrogen-bond acceptors (Lipinski definition) is 4. The van der Waals surface area contributed by atoms with Crippen molar-refractivity contribution >= 4 is 11.8 Å². The van der Waals surface area contributed by atoms with Crippen molar-refractivity contribution in [2.75, 3.05) is 67.0 Å². The second-order valence-corrected chi connectivity index (χ2v) is 7.54. The molecule has 2 amide bonds. The number of amides is 2. The summed E-state index contributed by atoms with van der Waals surface area (Å²) in [6, 6.07) is 0. The van der Waals surface area contributed by atoms with E-state index >= 15 is 0 Å². The molecule has 2 aliphatic rings. The molecule has 0 radical (unpaired) electrons. The summed E-state index contributed by atoms with van der Waals surface area (Å²) in [5, 5.41) is 0. The smallest absolute Gasteiger partial charge is 0.227 e. The lowest BCUT2D eigenvalue weighted by atomic mass is 9.96. The Balaban J connectivity index is 1.74. The molecule has 2 aliphatic heterocycles. The molecule has 138 valence electrons. The molecule has 2 fully saturated rings. The van der Waals surface area contributed by atoms with Crippen LogP contribution in [0.15, 0.2) is 0 Å². The van der Waals surface area contributed by atoms with Crippen molar-refractivity contribution in [3.05, 3.63) is 0 Å². The van der Waals surface area contributed by atoms with Crippen molar-refractivity contribution in [2.45, 2.75) is 32.1 Å². The molecule has 0 bridgehead atoms. The molecule has 0 aliphatic carbocycles. The fraction of sp³-hybridized carbons (Fsp3) is 0.889. The van der Waals surface area contributed by atoms with Crippen molar-refractivity contribution in [1.29, 1.82) is 0 Å². The van der Waals surface area contributed by atoms with Crippen LogP contribution in [0.2, 0.25) is 0 Å². The molecule has 0 aromatic rings. The lowest BCUT2D eigenvalue weighted by molar-refractivity contribution is -0.142. The predicted molar refractivity (Wildman–Crippen MR) is 95.8 cm³/mol. The van der Waals surface area contributed by atoms with Gasteiger partial charge < -0.3 is 19.6 Å². The summed E-state index contributed by atoms with van der Waals surface area (Å²) in [4.78, 5) is 33.0. The number of likely N-dealkylation sites (tertiary alicyclic amines) is 2. The van der Waals surface area contributed by atoms with E-state index in [4.69, 9.17) is 0 Å². The first kappa shape index (κ1) is 19.2. The van der Waals surface area contributed by atoms with Crippen molar-refractivity contribution in [3.8, 4) is 0 Å². The van der Waals surface area contributed by atoms with E-state index in [0.717, 1.165) is 26.1 Å². The lowest BCUT2D eigenvalue weighted by Gasteiger charge is -2.34. The minimum absolute atomic E-state index is 0.0263. The van der Waals surface area contributed by atoms with Crippen LogP contribution in [0.5, 0.6) is 0 Å². The van der Waals surface area contributed by atoms with Crippen LogP contribution >= 0.6 is 0 Å². The number of carbonyl (C=O) groups is 2. The number of hydrogen-bond donors (Lipinski definition) is 0. The average molecular weight is 338 g/mol. The number of nitrogens with zero attached hydrogens (tertiary/aromatic N) is 4. The molecule has 2 rings (SSSR count). The van der Waals surface area contributed by atoms with E-state index in [2.05, 4.69) is 9.80 Å². The molecule has 6 nitrogen and oxygen atoms in total. The fourth-order valence-electron chi connectivity index (χ4n) is 3.61. The maximum atomic E-state index is 12.7. The Hall–Kier alpha value is -1.14. The normalized spacial score (nSPS) is 22.4. The molecule has 6 heteroatoms. The zero-order chi connectivity index (χ0) is 17.5. The standard InChI is InChI=1S/C18H34N4O2/c1-19(2)13-14-22-15-16(7-8-17(22)23)18(24)20(3)9-6-12-21-10-4-5-11-21/h16H,4-15H2,1-3H3. The highest BCUT2D eigenvalue weighted by molar-refractivity contribution is 5.83. The maximum absolute atomic E-state index is 12.7. The van der Waals surface area contributed by atoms with Crippen molar-refractivity contribution in [1.82, 2.24) is 19.6 Å². The van der Waals surface area contributed by atoms with E-state index in [1.165, 1.54) is 25.9 Å². The van der Waals surface area contributed by atoms with Gasteiger partial charge in [-0.05, 0) is 59.4 Å². The minimum atomic E-state index is -0.0263. The van der Waals surface area contributed by atoms with E-state index in [0.29, 0.717) is 25.9 Å². The van der Waals surface area contributed by atoms with Gasteiger partial charge in [-0.2, -0.15) is 0 Å². The first-order chi connectivity index (χ1) is 11.5. The Bertz CT molecular complexity index is 421. The van der Waals surface area contributed by atoms with Crippen LogP contribution in [0.3, 0.4) is 0 Å². The van der Waals surface area contributed by atoms with Gasteiger partial charge in [-0.15, -0.1) is 0 Å². The summed E-state index contributed by atoms with van der Waals surface area (Å²) in [6.45, 7) is 6.48. The summed E-state index contributed by atoms with van der Waals surface area (Å²) >= 11 is 0. The van der Waals surface area contributed by atoms with Crippen LogP contribution in [0.25, 0.3) is 0 Å². The summed E-state index contributed by atoms with van der Waals surface area (Å²) in [6.07, 6.45) is 4.87. The van der Waals surface area contributed by atoms with Crippen LogP contribution in [0.1, 0.15) is 32.1 Å². The molecule has 0 N–H and O–H groups in total. The van der Waals surface area contributed by atoms with Crippen molar-refractivity contribution < 1.29 is 9.59 Å². The maximum Gasteiger partial charge on any atom is 0.227 e. The average Bonchev–Trinajstić information content (AvgIpc) is 3.06. The van der Waals surface area contributed by atoms with Gasteiger partial charge in [0, 0.05) is 39.6 Å². The van der Waals surface area contributed by atoms with E-state index in [1.807, 2.05) is 30.9 Å². The van der Waals surface area contributed by atoms with E-state index < -0.39 is 0 Å². The molecule has 1 atom stereocenters. The van der Waals surface area contributed by atoms with Crippen LogP contribution in [0, 0.1) is 5.92 Å². The molecule has 1 unspecified atom stereocenters. The highest BCUT2D eigenvalue weighted by Crippen LogP contribution is 2.19. The second-order valence-electron chi connectivity index (χ2n) is 7.54. The van der Waals surface area contributed by atoms with Crippen molar-refractivity contribution in [2.24, 2.45) is 5.92 Å². The molecule has 0 aromatic carbocycles. The molecule has 2 saturated heterocycles. The van der Waals surface area contributed by atoms with Crippen LogP contribution in [0.4, 0.5) is 0 Å². The van der Waals surface area contributed by atoms with E-state index in [1.54, 1.807) is 0 Å². The molecule has 2 heterocycles. The third kappa shape index (κ3) is 5.74. The highest BCUT2D eigenvalue weighted by atomic mass is 16.2.